The van der Waals surface area contributed by atoms with E-state index in [9.17, 15) is 15.0 Å². The second-order valence-corrected chi connectivity index (χ2v) is 7.77. The minimum absolute atomic E-state index is 0.00188. The summed E-state index contributed by atoms with van der Waals surface area (Å²) in [7, 11) is -1.88. The van der Waals surface area contributed by atoms with E-state index in [4.69, 9.17) is 14.3 Å². The standard InChI is InChI=1S/C18H27N2O5P/c1-14(2)20(15(3)4)26(24-12-8-11-19)25-18(23,17(21)22)13-16-9-6-5-7-10-16/h5-7,9-10,14-15,23H,8,12-13H2,1-4H3,(H,21,22). The predicted octanol–water partition coefficient (Wildman–Crippen LogP) is 3.29. The van der Waals surface area contributed by atoms with Gasteiger partial charge in [-0.15, -0.1) is 0 Å². The van der Waals surface area contributed by atoms with Gasteiger partial charge in [0.1, 0.15) is 0 Å². The largest absolute Gasteiger partial charge is 0.477 e. The van der Waals surface area contributed by atoms with Crippen LogP contribution in [0.25, 0.3) is 0 Å². The van der Waals surface area contributed by atoms with Gasteiger partial charge in [0.2, 0.25) is 0 Å². The van der Waals surface area contributed by atoms with Gasteiger partial charge in [0.15, 0.2) is 0 Å². The molecule has 1 aromatic carbocycles. The Labute approximate surface area is 156 Å². The van der Waals surface area contributed by atoms with Crippen LogP contribution in [-0.2, 0) is 20.3 Å². The molecule has 0 saturated heterocycles. The van der Waals surface area contributed by atoms with E-state index in [-0.39, 0.29) is 31.5 Å². The van der Waals surface area contributed by atoms with Crippen LogP contribution >= 0.6 is 8.53 Å². The topological polar surface area (TPSA) is 103 Å². The minimum Gasteiger partial charge on any atom is -0.477 e. The van der Waals surface area contributed by atoms with Crippen molar-refractivity contribution in [2.75, 3.05) is 6.61 Å². The zero-order chi connectivity index (χ0) is 19.7. The summed E-state index contributed by atoms with van der Waals surface area (Å²) in [6, 6.07) is 10.7. The number of carboxylic acid groups (broad SMARTS) is 1. The molecule has 2 unspecified atom stereocenters. The van der Waals surface area contributed by atoms with E-state index in [1.807, 2.05) is 38.4 Å². The number of carboxylic acids is 1. The molecule has 0 radical (unpaired) electrons. The number of aliphatic hydroxyl groups is 1. The van der Waals surface area contributed by atoms with Crippen LogP contribution in [0.15, 0.2) is 30.3 Å². The van der Waals surface area contributed by atoms with E-state index in [0.29, 0.717) is 5.56 Å². The van der Waals surface area contributed by atoms with E-state index in [1.54, 1.807) is 30.3 Å². The lowest BCUT2D eigenvalue weighted by Gasteiger charge is -2.38. The van der Waals surface area contributed by atoms with Crippen LogP contribution in [-0.4, -0.2) is 45.3 Å². The van der Waals surface area contributed by atoms with Crippen molar-refractivity contribution in [3.8, 4) is 6.07 Å². The number of hydrogen-bond acceptors (Lipinski definition) is 6. The highest BCUT2D eigenvalue weighted by atomic mass is 31.2. The first kappa shape index (κ1) is 22.5. The summed E-state index contributed by atoms with van der Waals surface area (Å²) in [6.45, 7) is 7.83. The van der Waals surface area contributed by atoms with Crippen LogP contribution in [0.4, 0.5) is 0 Å². The second-order valence-electron chi connectivity index (χ2n) is 6.39. The van der Waals surface area contributed by atoms with Gasteiger partial charge in [-0.3, -0.25) is 4.52 Å². The molecule has 0 aliphatic heterocycles. The lowest BCUT2D eigenvalue weighted by Crippen LogP contribution is -2.45. The number of nitrogens with zero attached hydrogens (tertiary/aromatic N) is 2. The lowest BCUT2D eigenvalue weighted by molar-refractivity contribution is -0.195. The third-order valence-corrected chi connectivity index (χ3v) is 5.67. The molecule has 0 heterocycles. The second kappa shape index (κ2) is 10.6. The van der Waals surface area contributed by atoms with Gasteiger partial charge in [0.25, 0.3) is 14.3 Å². The van der Waals surface area contributed by atoms with Crippen molar-refractivity contribution >= 4 is 14.5 Å². The van der Waals surface area contributed by atoms with Gasteiger partial charge in [-0.05, 0) is 33.3 Å². The van der Waals surface area contributed by atoms with Gasteiger partial charge in [0.05, 0.1) is 19.1 Å². The lowest BCUT2D eigenvalue weighted by atomic mass is 10.1. The number of aliphatic carboxylic acids is 1. The molecule has 0 aliphatic rings. The predicted molar refractivity (Wildman–Crippen MR) is 99.0 cm³/mol. The number of carbonyl (C=O) groups is 1. The maximum absolute atomic E-state index is 11.8. The van der Waals surface area contributed by atoms with E-state index >= 15 is 0 Å². The third kappa shape index (κ3) is 6.64. The zero-order valence-corrected chi connectivity index (χ0v) is 16.5. The van der Waals surface area contributed by atoms with Gasteiger partial charge in [-0.1, -0.05) is 30.3 Å². The van der Waals surface area contributed by atoms with Crippen molar-refractivity contribution in [1.82, 2.24) is 4.67 Å². The van der Waals surface area contributed by atoms with Crippen molar-refractivity contribution in [2.24, 2.45) is 0 Å². The summed E-state index contributed by atoms with van der Waals surface area (Å²) >= 11 is 0. The van der Waals surface area contributed by atoms with Crippen molar-refractivity contribution in [3.05, 3.63) is 35.9 Å². The monoisotopic (exact) mass is 382 g/mol. The van der Waals surface area contributed by atoms with Crippen LogP contribution in [0.3, 0.4) is 0 Å². The van der Waals surface area contributed by atoms with Gasteiger partial charge < -0.3 is 14.7 Å². The molecule has 26 heavy (non-hydrogen) atoms. The normalized spacial score (nSPS) is 15.0. The average Bonchev–Trinajstić information content (AvgIpc) is 2.55. The Bertz CT molecular complexity index is 597. The summed E-state index contributed by atoms with van der Waals surface area (Å²) in [5.41, 5.74) is 0.630. The van der Waals surface area contributed by atoms with Crippen LogP contribution in [0.1, 0.15) is 39.7 Å². The average molecular weight is 382 g/mol. The molecule has 0 aliphatic carbocycles. The number of hydrogen-bond donors (Lipinski definition) is 2. The number of nitriles is 1. The number of benzene rings is 1. The Morgan fingerprint density at radius 2 is 1.85 bits per heavy atom. The van der Waals surface area contributed by atoms with Crippen LogP contribution in [0, 0.1) is 11.3 Å². The minimum atomic E-state index is -2.43. The first-order valence-corrected chi connectivity index (χ1v) is 9.61. The summed E-state index contributed by atoms with van der Waals surface area (Å²) < 4.78 is 13.2. The number of rotatable bonds is 11. The molecule has 1 aromatic rings. The highest BCUT2D eigenvalue weighted by Gasteiger charge is 2.43. The fraction of sp³-hybridized carbons (Fsp3) is 0.556. The van der Waals surface area contributed by atoms with Gasteiger partial charge in [-0.25, -0.2) is 9.46 Å². The van der Waals surface area contributed by atoms with Crippen molar-refractivity contribution in [3.63, 3.8) is 0 Å². The smallest absolute Gasteiger partial charge is 0.364 e. The van der Waals surface area contributed by atoms with E-state index < -0.39 is 20.3 Å². The molecule has 2 atom stereocenters. The first-order chi connectivity index (χ1) is 12.2. The molecule has 1 rings (SSSR count). The van der Waals surface area contributed by atoms with Crippen LogP contribution in [0.2, 0.25) is 0 Å². The highest BCUT2D eigenvalue weighted by Crippen LogP contribution is 2.49. The molecule has 0 saturated carbocycles. The molecule has 0 fully saturated rings. The Morgan fingerprint density at radius 1 is 1.27 bits per heavy atom. The fourth-order valence-electron chi connectivity index (χ4n) is 2.43. The molecule has 2 N–H and O–H groups in total. The quantitative estimate of drug-likeness (QED) is 0.344. The van der Waals surface area contributed by atoms with Crippen molar-refractivity contribution in [2.45, 2.75) is 58.4 Å². The molecule has 8 heteroatoms. The Balaban J connectivity index is 3.09. The molecule has 0 spiro atoms. The van der Waals surface area contributed by atoms with Crippen LogP contribution < -0.4 is 0 Å². The fourth-order valence-corrected chi connectivity index (χ4v) is 4.11. The maximum atomic E-state index is 11.8. The van der Waals surface area contributed by atoms with Gasteiger partial charge in [-0.2, -0.15) is 5.26 Å². The van der Waals surface area contributed by atoms with Crippen molar-refractivity contribution < 1.29 is 24.1 Å². The molecule has 0 amide bonds. The molecule has 0 aromatic heterocycles. The zero-order valence-electron chi connectivity index (χ0n) is 15.6. The van der Waals surface area contributed by atoms with E-state index in [1.165, 1.54) is 0 Å². The van der Waals surface area contributed by atoms with Gasteiger partial charge >= 0.3 is 5.97 Å². The van der Waals surface area contributed by atoms with Gasteiger partial charge in [0, 0.05) is 18.5 Å². The molecule has 7 nitrogen and oxygen atoms in total. The third-order valence-electron chi connectivity index (χ3n) is 3.51. The SMILES string of the molecule is CC(C)N(C(C)C)P(OCCC#N)OC(O)(Cc1ccccc1)C(=O)O. The first-order valence-electron chi connectivity index (χ1n) is 8.48. The molecule has 0 bridgehead atoms. The molecule has 144 valence electrons. The Hall–Kier alpha value is -1.55. The van der Waals surface area contributed by atoms with Crippen LogP contribution in [0.5, 0.6) is 0 Å². The molecular weight excluding hydrogens is 355 g/mol. The van der Waals surface area contributed by atoms with E-state index in [0.717, 1.165) is 0 Å². The van der Waals surface area contributed by atoms with Crippen molar-refractivity contribution in [1.29, 1.82) is 5.26 Å². The molecular formula is C18H27N2O5P. The van der Waals surface area contributed by atoms with E-state index in [2.05, 4.69) is 0 Å². The summed E-state index contributed by atoms with van der Waals surface area (Å²) in [5, 5.41) is 29.0. The summed E-state index contributed by atoms with van der Waals surface area (Å²) in [5.74, 6) is -3.91. The summed E-state index contributed by atoms with van der Waals surface area (Å²) in [6.07, 6.45) is -0.0654. The summed E-state index contributed by atoms with van der Waals surface area (Å²) in [4.78, 5) is 11.8. The Kier molecular flexibility index (Phi) is 9.14. The Morgan fingerprint density at radius 3 is 2.31 bits per heavy atom. The maximum Gasteiger partial charge on any atom is 0.364 e. The highest BCUT2D eigenvalue weighted by molar-refractivity contribution is 7.44.